The second-order valence-electron chi connectivity index (χ2n) is 10.5. The largest absolute Gasteiger partial charge is 0.480 e. The average molecular weight is 465 g/mol. The number of carbonyl (C=O) groups excluding carboxylic acids is 2. The molecule has 1 fully saturated rings. The van der Waals surface area contributed by atoms with Gasteiger partial charge in [0.2, 0.25) is 5.91 Å². The molecule has 0 aromatic heterocycles. The molecule has 0 radical (unpaired) electrons. The molecule has 0 spiro atoms. The molecule has 3 N–H and O–H groups in total. The zero-order valence-electron chi connectivity index (χ0n) is 19.8. The van der Waals surface area contributed by atoms with E-state index in [4.69, 9.17) is 4.74 Å². The molecule has 0 heterocycles. The van der Waals surface area contributed by atoms with Gasteiger partial charge in [0.25, 0.3) is 0 Å². The lowest BCUT2D eigenvalue weighted by molar-refractivity contribution is -0.142. The fourth-order valence-electron chi connectivity index (χ4n) is 4.75. The lowest BCUT2D eigenvalue weighted by atomic mass is 9.88. The fraction of sp³-hybridized carbons (Fsp3) is 0.444. The van der Waals surface area contributed by atoms with E-state index in [1.54, 1.807) is 0 Å². The number of alkyl carbamates (subject to hydrolysis) is 1. The molecule has 2 aliphatic rings. The normalized spacial score (nSPS) is 19.5. The number of fused-ring (bicyclic) bond motifs is 3. The zero-order chi connectivity index (χ0) is 24.5. The fourth-order valence-corrected chi connectivity index (χ4v) is 4.75. The Balaban J connectivity index is 1.24. The first-order chi connectivity index (χ1) is 16.1. The Morgan fingerprint density at radius 2 is 1.62 bits per heavy atom. The summed E-state index contributed by atoms with van der Waals surface area (Å²) in [6.07, 6.45) is 0.463. The molecular formula is C27H32N2O5. The molecule has 2 aromatic carbocycles. The van der Waals surface area contributed by atoms with Crippen molar-refractivity contribution in [1.29, 1.82) is 0 Å². The van der Waals surface area contributed by atoms with Gasteiger partial charge in [0.05, 0.1) is 0 Å². The lowest BCUT2D eigenvalue weighted by Gasteiger charge is -2.24. The Labute approximate surface area is 199 Å². The van der Waals surface area contributed by atoms with Gasteiger partial charge in [-0.2, -0.15) is 0 Å². The Hall–Kier alpha value is -3.35. The van der Waals surface area contributed by atoms with Crippen LogP contribution in [0.4, 0.5) is 4.79 Å². The molecule has 0 aliphatic heterocycles. The van der Waals surface area contributed by atoms with Crippen LogP contribution in [0.15, 0.2) is 48.5 Å². The first kappa shape index (κ1) is 23.8. The SMILES string of the molecule is CC(C)(C)CC(NC(=O)C1CC1CNC(=O)OCC1c2ccccc2-c2ccccc21)C(=O)O. The molecule has 2 aliphatic carbocycles. The Morgan fingerprint density at radius 3 is 2.18 bits per heavy atom. The van der Waals surface area contributed by atoms with E-state index in [0.717, 1.165) is 11.1 Å². The lowest BCUT2D eigenvalue weighted by Crippen LogP contribution is -2.44. The molecule has 0 saturated heterocycles. The minimum Gasteiger partial charge on any atom is -0.480 e. The summed E-state index contributed by atoms with van der Waals surface area (Å²) in [7, 11) is 0. The summed E-state index contributed by atoms with van der Waals surface area (Å²) in [6, 6.07) is 15.4. The Kier molecular flexibility index (Phi) is 6.64. The number of nitrogens with one attached hydrogen (secondary N) is 2. The van der Waals surface area contributed by atoms with Gasteiger partial charge in [-0.05, 0) is 46.4 Å². The van der Waals surface area contributed by atoms with Gasteiger partial charge in [-0.3, -0.25) is 4.79 Å². The average Bonchev–Trinajstić information content (AvgIpc) is 3.50. The number of rotatable bonds is 8. The molecule has 2 amide bonds. The van der Waals surface area contributed by atoms with Gasteiger partial charge < -0.3 is 20.5 Å². The van der Waals surface area contributed by atoms with Crippen LogP contribution < -0.4 is 10.6 Å². The van der Waals surface area contributed by atoms with Crippen LogP contribution in [-0.4, -0.2) is 42.3 Å². The maximum absolute atomic E-state index is 12.5. The van der Waals surface area contributed by atoms with Crippen LogP contribution in [0.5, 0.6) is 0 Å². The standard InChI is InChI=1S/C27H32N2O5/c1-27(2,3)13-23(25(31)32)29-24(30)21-12-16(21)14-28-26(33)34-15-22-19-10-6-4-8-17(19)18-9-5-7-11-20(18)22/h4-11,16,21-23H,12-15H2,1-3H3,(H,28,33)(H,29,30)(H,31,32). The first-order valence-corrected chi connectivity index (χ1v) is 11.8. The summed E-state index contributed by atoms with van der Waals surface area (Å²) < 4.78 is 5.54. The van der Waals surface area contributed by atoms with Crippen LogP contribution in [0.1, 0.15) is 50.7 Å². The maximum Gasteiger partial charge on any atom is 0.407 e. The quantitative estimate of drug-likeness (QED) is 0.544. The van der Waals surface area contributed by atoms with Crippen molar-refractivity contribution in [3.05, 3.63) is 59.7 Å². The van der Waals surface area contributed by atoms with Gasteiger partial charge in [-0.1, -0.05) is 69.3 Å². The maximum atomic E-state index is 12.5. The van der Waals surface area contributed by atoms with Crippen LogP contribution >= 0.6 is 0 Å². The number of ether oxygens (including phenoxy) is 1. The molecule has 180 valence electrons. The molecule has 3 atom stereocenters. The van der Waals surface area contributed by atoms with Crippen LogP contribution in [-0.2, 0) is 14.3 Å². The molecule has 7 heteroatoms. The molecule has 1 saturated carbocycles. The van der Waals surface area contributed by atoms with Crippen LogP contribution in [0.2, 0.25) is 0 Å². The highest BCUT2D eigenvalue weighted by molar-refractivity contribution is 5.87. The highest BCUT2D eigenvalue weighted by Crippen LogP contribution is 2.44. The number of hydrogen-bond acceptors (Lipinski definition) is 4. The third-order valence-corrected chi connectivity index (χ3v) is 6.54. The van der Waals surface area contributed by atoms with Crippen molar-refractivity contribution in [3.8, 4) is 11.1 Å². The number of amides is 2. The predicted octanol–water partition coefficient (Wildman–Crippen LogP) is 4.17. The molecular weight excluding hydrogens is 432 g/mol. The van der Waals surface area contributed by atoms with Crippen LogP contribution in [0, 0.1) is 17.3 Å². The van der Waals surface area contributed by atoms with E-state index in [0.29, 0.717) is 19.4 Å². The van der Waals surface area contributed by atoms with Crippen LogP contribution in [0.3, 0.4) is 0 Å². The highest BCUT2D eigenvalue weighted by atomic mass is 16.5. The summed E-state index contributed by atoms with van der Waals surface area (Å²) in [5.74, 6) is -1.60. The van der Waals surface area contributed by atoms with E-state index < -0.39 is 18.1 Å². The first-order valence-electron chi connectivity index (χ1n) is 11.8. The van der Waals surface area contributed by atoms with E-state index in [1.165, 1.54) is 11.1 Å². The second-order valence-corrected chi connectivity index (χ2v) is 10.5. The molecule has 0 bridgehead atoms. The predicted molar refractivity (Wildman–Crippen MR) is 128 cm³/mol. The summed E-state index contributed by atoms with van der Waals surface area (Å²) in [5.41, 5.74) is 4.43. The summed E-state index contributed by atoms with van der Waals surface area (Å²) in [6.45, 7) is 6.38. The van der Waals surface area contributed by atoms with Crippen molar-refractivity contribution in [2.45, 2.75) is 45.6 Å². The Bertz CT molecular complexity index is 1040. The molecule has 7 nitrogen and oxygen atoms in total. The van der Waals surface area contributed by atoms with Crippen molar-refractivity contribution in [2.24, 2.45) is 17.3 Å². The van der Waals surface area contributed by atoms with E-state index in [1.807, 2.05) is 45.0 Å². The van der Waals surface area contributed by atoms with Crippen molar-refractivity contribution in [1.82, 2.24) is 10.6 Å². The van der Waals surface area contributed by atoms with Crippen molar-refractivity contribution in [2.75, 3.05) is 13.2 Å². The van der Waals surface area contributed by atoms with E-state index in [9.17, 15) is 19.5 Å². The van der Waals surface area contributed by atoms with Crippen LogP contribution in [0.25, 0.3) is 11.1 Å². The van der Waals surface area contributed by atoms with Gasteiger partial charge in [0.15, 0.2) is 0 Å². The van der Waals surface area contributed by atoms with Gasteiger partial charge >= 0.3 is 12.1 Å². The topological polar surface area (TPSA) is 105 Å². The summed E-state index contributed by atoms with van der Waals surface area (Å²) in [5, 5.41) is 14.8. The van der Waals surface area contributed by atoms with Crippen molar-refractivity contribution >= 4 is 18.0 Å². The van der Waals surface area contributed by atoms with Gasteiger partial charge in [0, 0.05) is 18.4 Å². The highest BCUT2D eigenvalue weighted by Gasteiger charge is 2.44. The molecule has 34 heavy (non-hydrogen) atoms. The van der Waals surface area contributed by atoms with E-state index in [-0.39, 0.29) is 35.7 Å². The van der Waals surface area contributed by atoms with Gasteiger partial charge in [0.1, 0.15) is 12.6 Å². The second kappa shape index (κ2) is 9.49. The van der Waals surface area contributed by atoms with Crippen molar-refractivity contribution < 1.29 is 24.2 Å². The Morgan fingerprint density at radius 1 is 1.03 bits per heavy atom. The number of benzene rings is 2. The van der Waals surface area contributed by atoms with Gasteiger partial charge in [-0.25, -0.2) is 9.59 Å². The summed E-state index contributed by atoms with van der Waals surface area (Å²) >= 11 is 0. The molecule has 4 rings (SSSR count). The summed E-state index contributed by atoms with van der Waals surface area (Å²) in [4.78, 5) is 36.3. The number of hydrogen-bond donors (Lipinski definition) is 3. The molecule has 3 unspecified atom stereocenters. The van der Waals surface area contributed by atoms with E-state index >= 15 is 0 Å². The number of aliphatic carboxylic acids is 1. The number of carboxylic acids is 1. The third kappa shape index (κ3) is 5.41. The zero-order valence-corrected chi connectivity index (χ0v) is 19.8. The monoisotopic (exact) mass is 464 g/mol. The van der Waals surface area contributed by atoms with Crippen molar-refractivity contribution in [3.63, 3.8) is 0 Å². The van der Waals surface area contributed by atoms with Gasteiger partial charge in [-0.15, -0.1) is 0 Å². The van der Waals surface area contributed by atoms with E-state index in [2.05, 4.69) is 34.9 Å². The number of carboxylic acid groups (broad SMARTS) is 1. The molecule has 2 aromatic rings. The smallest absolute Gasteiger partial charge is 0.407 e. The minimum absolute atomic E-state index is 0.00614. The minimum atomic E-state index is -1.03. The number of carbonyl (C=O) groups is 3. The third-order valence-electron chi connectivity index (χ3n) is 6.54.